The number of imidazole rings is 1. The summed E-state index contributed by atoms with van der Waals surface area (Å²) in [6.07, 6.45) is 4.46. The van der Waals surface area contributed by atoms with Gasteiger partial charge in [0.1, 0.15) is 23.5 Å². The molecule has 2 heterocycles. The van der Waals surface area contributed by atoms with E-state index in [2.05, 4.69) is 15.0 Å². The monoisotopic (exact) mass is 381 g/mol. The minimum Gasteiger partial charge on any atom is -0.358 e. The number of hydrogen-bond donors (Lipinski definition) is 2. The average molecular weight is 381 g/mol. The number of benzene rings is 1. The first-order chi connectivity index (χ1) is 13.5. The van der Waals surface area contributed by atoms with Crippen molar-refractivity contribution in [2.45, 2.75) is 20.8 Å². The standard InChI is InChI=1S/C18H14FN5O2.C2H6/c1-11-17(14-3-2-10-21-18(14)24(25)26)23-16(22-11)9-8-15(20)12-4-6-13(19)7-5-12;1-2/h2-10,20H,1H3,(H,22,23);1-2H3/b9-8-,20-15?;. The van der Waals surface area contributed by atoms with E-state index in [-0.39, 0.29) is 17.3 Å². The quantitative estimate of drug-likeness (QED) is 0.371. The lowest BCUT2D eigenvalue weighted by Gasteiger charge is -1.99. The van der Waals surface area contributed by atoms with Crippen LogP contribution in [-0.4, -0.2) is 25.6 Å². The largest absolute Gasteiger partial charge is 0.372 e. The van der Waals surface area contributed by atoms with Crippen molar-refractivity contribution in [2.75, 3.05) is 0 Å². The van der Waals surface area contributed by atoms with E-state index in [0.29, 0.717) is 28.3 Å². The van der Waals surface area contributed by atoms with Crippen LogP contribution in [0, 0.1) is 28.3 Å². The summed E-state index contributed by atoms with van der Waals surface area (Å²) in [5.41, 5.74) is 2.15. The molecule has 0 unspecified atom stereocenters. The zero-order valence-electron chi connectivity index (χ0n) is 15.7. The van der Waals surface area contributed by atoms with Crippen LogP contribution in [0.4, 0.5) is 10.2 Å². The summed E-state index contributed by atoms with van der Waals surface area (Å²) in [5.74, 6) is -0.186. The fraction of sp³-hybridized carbons (Fsp3) is 0.150. The molecule has 28 heavy (non-hydrogen) atoms. The van der Waals surface area contributed by atoms with Gasteiger partial charge in [0.2, 0.25) is 0 Å². The molecule has 0 saturated carbocycles. The maximum atomic E-state index is 12.9. The molecule has 3 aromatic rings. The molecule has 0 spiro atoms. The Labute approximate surface area is 161 Å². The molecule has 0 bridgehead atoms. The molecule has 8 heteroatoms. The first-order valence-corrected chi connectivity index (χ1v) is 8.64. The number of aromatic amines is 1. The van der Waals surface area contributed by atoms with E-state index in [9.17, 15) is 14.5 Å². The number of aryl methyl sites for hydroxylation is 1. The number of nitrogens with one attached hydrogen (secondary N) is 2. The highest BCUT2D eigenvalue weighted by Gasteiger charge is 2.20. The van der Waals surface area contributed by atoms with Crippen LogP contribution in [0.1, 0.15) is 30.9 Å². The smallest absolute Gasteiger partial charge is 0.358 e. The summed E-state index contributed by atoms with van der Waals surface area (Å²) < 4.78 is 12.9. The summed E-state index contributed by atoms with van der Waals surface area (Å²) in [4.78, 5) is 21.8. The lowest BCUT2D eigenvalue weighted by Crippen LogP contribution is -1.96. The highest BCUT2D eigenvalue weighted by atomic mass is 19.1. The predicted molar refractivity (Wildman–Crippen MR) is 107 cm³/mol. The molecule has 0 aliphatic heterocycles. The number of hydrogen-bond acceptors (Lipinski definition) is 5. The molecule has 0 aliphatic rings. The van der Waals surface area contributed by atoms with Gasteiger partial charge in [-0.1, -0.05) is 13.8 Å². The van der Waals surface area contributed by atoms with Gasteiger partial charge in [0.25, 0.3) is 0 Å². The zero-order chi connectivity index (χ0) is 20.7. The average Bonchev–Trinajstić information content (AvgIpc) is 3.08. The van der Waals surface area contributed by atoms with Crippen LogP contribution in [0.25, 0.3) is 17.3 Å². The molecule has 144 valence electrons. The highest BCUT2D eigenvalue weighted by molar-refractivity contribution is 6.08. The Morgan fingerprint density at radius 2 is 1.93 bits per heavy atom. The second-order valence-corrected chi connectivity index (χ2v) is 5.48. The summed E-state index contributed by atoms with van der Waals surface area (Å²) in [7, 11) is 0. The molecule has 0 atom stereocenters. The lowest BCUT2D eigenvalue weighted by atomic mass is 10.1. The van der Waals surface area contributed by atoms with Gasteiger partial charge >= 0.3 is 5.82 Å². The number of H-pyrrole nitrogens is 1. The molecule has 2 N–H and O–H groups in total. The first-order valence-electron chi connectivity index (χ1n) is 8.64. The topological polar surface area (TPSA) is 109 Å². The molecule has 1 aromatic carbocycles. The molecule has 2 aromatic heterocycles. The summed E-state index contributed by atoms with van der Waals surface area (Å²) >= 11 is 0. The van der Waals surface area contributed by atoms with Crippen molar-refractivity contribution in [3.8, 4) is 11.3 Å². The van der Waals surface area contributed by atoms with E-state index >= 15 is 0 Å². The predicted octanol–water partition coefficient (Wildman–Crippen LogP) is 4.93. The third kappa shape index (κ3) is 4.73. The third-order valence-corrected chi connectivity index (χ3v) is 3.68. The van der Waals surface area contributed by atoms with Crippen molar-refractivity contribution in [1.82, 2.24) is 15.0 Å². The lowest BCUT2D eigenvalue weighted by molar-refractivity contribution is -0.388. The van der Waals surface area contributed by atoms with Crippen LogP contribution in [-0.2, 0) is 0 Å². The molecule has 0 amide bonds. The van der Waals surface area contributed by atoms with Crippen molar-refractivity contribution >= 4 is 17.6 Å². The fourth-order valence-corrected chi connectivity index (χ4v) is 2.44. The summed E-state index contributed by atoms with van der Waals surface area (Å²) in [6, 6.07) is 8.79. The van der Waals surface area contributed by atoms with E-state index in [1.54, 1.807) is 25.1 Å². The van der Waals surface area contributed by atoms with Gasteiger partial charge in [0.15, 0.2) is 0 Å². The van der Waals surface area contributed by atoms with Gasteiger partial charge in [0, 0.05) is 5.69 Å². The molecular formula is C20H20FN5O2. The minimum absolute atomic E-state index is 0.188. The van der Waals surface area contributed by atoms with E-state index < -0.39 is 4.92 Å². The normalized spacial score (nSPS) is 10.4. The maximum absolute atomic E-state index is 12.9. The Bertz CT molecular complexity index is 1010. The summed E-state index contributed by atoms with van der Waals surface area (Å²) in [5, 5.41) is 19.2. The van der Waals surface area contributed by atoms with E-state index in [4.69, 9.17) is 5.41 Å². The molecular weight excluding hydrogens is 361 g/mol. The Hall–Kier alpha value is -3.68. The number of aromatic nitrogens is 3. The summed E-state index contributed by atoms with van der Waals surface area (Å²) in [6.45, 7) is 5.75. The second kappa shape index (κ2) is 9.31. The van der Waals surface area contributed by atoms with Crippen LogP contribution in [0.2, 0.25) is 0 Å². The van der Waals surface area contributed by atoms with Crippen molar-refractivity contribution in [1.29, 1.82) is 5.41 Å². The van der Waals surface area contributed by atoms with Crippen molar-refractivity contribution < 1.29 is 9.31 Å². The highest BCUT2D eigenvalue weighted by Crippen LogP contribution is 2.28. The number of halogens is 1. The van der Waals surface area contributed by atoms with Gasteiger partial charge in [-0.15, -0.1) is 0 Å². The van der Waals surface area contributed by atoms with Crippen LogP contribution in [0.3, 0.4) is 0 Å². The Balaban J connectivity index is 0.00000136. The van der Waals surface area contributed by atoms with Crippen molar-refractivity contribution in [3.63, 3.8) is 0 Å². The number of pyridine rings is 1. The van der Waals surface area contributed by atoms with Gasteiger partial charge in [-0.3, -0.25) is 0 Å². The Morgan fingerprint density at radius 3 is 2.57 bits per heavy atom. The second-order valence-electron chi connectivity index (χ2n) is 5.48. The van der Waals surface area contributed by atoms with Crippen LogP contribution < -0.4 is 0 Å². The molecule has 7 nitrogen and oxygen atoms in total. The number of nitrogens with zero attached hydrogens (tertiary/aromatic N) is 3. The minimum atomic E-state index is -0.552. The molecule has 3 rings (SSSR count). The van der Waals surface area contributed by atoms with Gasteiger partial charge in [-0.05, 0) is 70.9 Å². The Morgan fingerprint density at radius 1 is 1.25 bits per heavy atom. The molecule has 0 radical (unpaired) electrons. The molecule has 0 aliphatic carbocycles. The van der Waals surface area contributed by atoms with Crippen molar-refractivity contribution in [2.24, 2.45) is 0 Å². The van der Waals surface area contributed by atoms with Gasteiger partial charge in [-0.2, -0.15) is 0 Å². The fourth-order valence-electron chi connectivity index (χ4n) is 2.44. The van der Waals surface area contributed by atoms with Gasteiger partial charge in [0.05, 0.1) is 11.3 Å². The number of rotatable bonds is 5. The van der Waals surface area contributed by atoms with Crippen LogP contribution in [0.5, 0.6) is 0 Å². The van der Waals surface area contributed by atoms with Crippen molar-refractivity contribution in [3.05, 3.63) is 81.7 Å². The van der Waals surface area contributed by atoms with E-state index in [0.717, 1.165) is 0 Å². The maximum Gasteiger partial charge on any atom is 0.372 e. The SMILES string of the molecule is CC.Cc1[nH]c(/C=C\C(=N)c2ccc(F)cc2)nc1-c1cccnc1[N+](=O)[O-]. The molecule has 0 saturated heterocycles. The first kappa shape index (κ1) is 20.6. The molecule has 0 fully saturated rings. The van der Waals surface area contributed by atoms with Gasteiger partial charge < -0.3 is 20.5 Å². The Kier molecular flexibility index (Phi) is 6.86. The number of allylic oxidation sites excluding steroid dienone is 1. The van der Waals surface area contributed by atoms with E-state index in [1.165, 1.54) is 36.5 Å². The van der Waals surface area contributed by atoms with E-state index in [1.807, 2.05) is 13.8 Å². The third-order valence-electron chi connectivity index (χ3n) is 3.68. The zero-order valence-corrected chi connectivity index (χ0v) is 15.7. The van der Waals surface area contributed by atoms with Gasteiger partial charge in [-0.25, -0.2) is 9.37 Å². The van der Waals surface area contributed by atoms with Crippen LogP contribution >= 0.6 is 0 Å². The number of nitro groups is 1. The van der Waals surface area contributed by atoms with Crippen LogP contribution in [0.15, 0.2) is 48.7 Å².